The van der Waals surface area contributed by atoms with Gasteiger partial charge >= 0.3 is 0 Å². The molecule has 1 aliphatic rings. The largest absolute Gasteiger partial charge is 0.496 e. The normalized spacial score (nSPS) is 17.5. The molecule has 1 aromatic rings. The molecule has 0 heterocycles. The van der Waals surface area contributed by atoms with Crippen molar-refractivity contribution in [1.29, 1.82) is 0 Å². The van der Waals surface area contributed by atoms with E-state index in [4.69, 9.17) is 10.5 Å². The molecule has 2 nitrogen and oxygen atoms in total. The standard InChI is InChI=1S/C13H18FNOS/c1-16-11-6-8(3-4-14)13(17-2)10-5-9(7-15)12(10)11/h6,9H,3-5,7,15H2,1-2H3. The number of nitrogens with two attached hydrogens (primary N) is 1. The Morgan fingerprint density at radius 1 is 1.59 bits per heavy atom. The van der Waals surface area contributed by atoms with Crippen molar-refractivity contribution in [2.45, 2.75) is 23.7 Å². The highest BCUT2D eigenvalue weighted by Crippen LogP contribution is 2.47. The molecular formula is C13H18FNOS. The van der Waals surface area contributed by atoms with Gasteiger partial charge < -0.3 is 10.5 Å². The minimum Gasteiger partial charge on any atom is -0.496 e. The van der Waals surface area contributed by atoms with Crippen LogP contribution < -0.4 is 10.5 Å². The number of hydrogen-bond donors (Lipinski definition) is 1. The van der Waals surface area contributed by atoms with Crippen LogP contribution in [0.15, 0.2) is 11.0 Å². The second kappa shape index (κ2) is 5.27. The van der Waals surface area contributed by atoms with Crippen LogP contribution in [-0.2, 0) is 12.8 Å². The summed E-state index contributed by atoms with van der Waals surface area (Å²) in [7, 11) is 1.67. The van der Waals surface area contributed by atoms with E-state index in [2.05, 4.69) is 0 Å². The Morgan fingerprint density at radius 2 is 2.35 bits per heavy atom. The van der Waals surface area contributed by atoms with Crippen molar-refractivity contribution in [3.05, 3.63) is 22.8 Å². The van der Waals surface area contributed by atoms with Crippen molar-refractivity contribution in [3.8, 4) is 5.75 Å². The fourth-order valence-electron chi connectivity index (χ4n) is 2.55. The Hall–Kier alpha value is -0.740. The van der Waals surface area contributed by atoms with Gasteiger partial charge in [-0.2, -0.15) is 0 Å². The van der Waals surface area contributed by atoms with Crippen LogP contribution in [0, 0.1) is 0 Å². The van der Waals surface area contributed by atoms with E-state index < -0.39 is 0 Å². The Kier molecular flexibility index (Phi) is 3.94. The average Bonchev–Trinajstić information content (AvgIpc) is 2.31. The SMILES string of the molecule is COc1cc(CCF)c(SC)c2c1C(CN)C2. The molecule has 0 bridgehead atoms. The molecular weight excluding hydrogens is 237 g/mol. The van der Waals surface area contributed by atoms with E-state index in [0.29, 0.717) is 18.9 Å². The quantitative estimate of drug-likeness (QED) is 0.821. The Bertz CT molecular complexity index is 422. The summed E-state index contributed by atoms with van der Waals surface area (Å²) in [6.45, 7) is 0.329. The fraction of sp³-hybridized carbons (Fsp3) is 0.538. The number of halogens is 1. The molecule has 1 aliphatic carbocycles. The summed E-state index contributed by atoms with van der Waals surface area (Å²) in [6.07, 6.45) is 3.51. The van der Waals surface area contributed by atoms with E-state index in [-0.39, 0.29) is 6.67 Å². The number of hydrogen-bond acceptors (Lipinski definition) is 3. The third-order valence-corrected chi connectivity index (χ3v) is 4.31. The zero-order chi connectivity index (χ0) is 12.4. The number of fused-ring (bicyclic) bond motifs is 1. The third kappa shape index (κ3) is 2.04. The molecule has 1 atom stereocenters. The number of benzene rings is 1. The first-order valence-corrected chi connectivity index (χ1v) is 7.01. The molecule has 0 saturated heterocycles. The van der Waals surface area contributed by atoms with Crippen LogP contribution >= 0.6 is 11.8 Å². The first kappa shape index (κ1) is 12.7. The number of rotatable bonds is 5. The van der Waals surface area contributed by atoms with Gasteiger partial charge in [0.2, 0.25) is 0 Å². The van der Waals surface area contributed by atoms with Gasteiger partial charge in [0, 0.05) is 22.8 Å². The van der Waals surface area contributed by atoms with Gasteiger partial charge in [-0.25, -0.2) is 0 Å². The van der Waals surface area contributed by atoms with Crippen molar-refractivity contribution >= 4 is 11.8 Å². The van der Waals surface area contributed by atoms with Crippen LogP contribution in [0.25, 0.3) is 0 Å². The molecule has 0 saturated carbocycles. The minimum atomic E-state index is -0.324. The van der Waals surface area contributed by atoms with Crippen LogP contribution in [-0.4, -0.2) is 26.6 Å². The summed E-state index contributed by atoms with van der Waals surface area (Å²) in [5.74, 6) is 1.29. The molecule has 0 aromatic heterocycles. The molecule has 94 valence electrons. The van der Waals surface area contributed by atoms with Crippen LogP contribution in [0.3, 0.4) is 0 Å². The summed E-state index contributed by atoms with van der Waals surface area (Å²) < 4.78 is 18.0. The summed E-state index contributed by atoms with van der Waals surface area (Å²) in [5.41, 5.74) is 9.35. The van der Waals surface area contributed by atoms with Gasteiger partial charge in [0.05, 0.1) is 13.8 Å². The van der Waals surface area contributed by atoms with Crippen LogP contribution in [0.2, 0.25) is 0 Å². The topological polar surface area (TPSA) is 35.2 Å². The maximum Gasteiger partial charge on any atom is 0.123 e. The van der Waals surface area contributed by atoms with E-state index in [1.807, 2.05) is 12.3 Å². The number of alkyl halides is 1. The maximum atomic E-state index is 12.6. The fourth-order valence-corrected chi connectivity index (χ4v) is 3.41. The lowest BCUT2D eigenvalue weighted by Gasteiger charge is -2.34. The third-order valence-electron chi connectivity index (χ3n) is 3.39. The van der Waals surface area contributed by atoms with Crippen LogP contribution in [0.4, 0.5) is 4.39 Å². The van der Waals surface area contributed by atoms with E-state index >= 15 is 0 Å². The zero-order valence-corrected chi connectivity index (χ0v) is 11.1. The predicted molar refractivity (Wildman–Crippen MR) is 70.0 cm³/mol. The molecule has 4 heteroatoms. The van der Waals surface area contributed by atoms with E-state index in [1.54, 1.807) is 18.9 Å². The molecule has 0 amide bonds. The Labute approximate surface area is 106 Å². The number of aryl methyl sites for hydroxylation is 1. The summed E-state index contributed by atoms with van der Waals surface area (Å²) in [6, 6.07) is 1.98. The van der Waals surface area contributed by atoms with Gasteiger partial charge in [0.1, 0.15) is 5.75 Å². The van der Waals surface area contributed by atoms with Crippen molar-refractivity contribution in [2.24, 2.45) is 5.73 Å². The molecule has 0 spiro atoms. The average molecular weight is 255 g/mol. The number of thioether (sulfide) groups is 1. The minimum absolute atomic E-state index is 0.324. The van der Waals surface area contributed by atoms with Crippen molar-refractivity contribution in [2.75, 3.05) is 26.6 Å². The van der Waals surface area contributed by atoms with Gasteiger partial charge in [0.15, 0.2) is 0 Å². The van der Waals surface area contributed by atoms with Crippen molar-refractivity contribution < 1.29 is 9.13 Å². The monoisotopic (exact) mass is 255 g/mol. The van der Waals surface area contributed by atoms with Crippen LogP contribution in [0.1, 0.15) is 22.6 Å². The molecule has 0 fully saturated rings. The molecule has 1 unspecified atom stereocenters. The van der Waals surface area contributed by atoms with Gasteiger partial charge in [-0.05, 0) is 36.4 Å². The second-order valence-electron chi connectivity index (χ2n) is 4.24. The molecule has 0 aliphatic heterocycles. The smallest absolute Gasteiger partial charge is 0.123 e. The summed E-state index contributed by atoms with van der Waals surface area (Å²) >= 11 is 1.70. The second-order valence-corrected chi connectivity index (χ2v) is 5.06. The molecule has 2 N–H and O–H groups in total. The van der Waals surface area contributed by atoms with Crippen LogP contribution in [0.5, 0.6) is 5.75 Å². The molecule has 17 heavy (non-hydrogen) atoms. The molecule has 2 rings (SSSR count). The Balaban J connectivity index is 2.49. The number of ether oxygens (including phenoxy) is 1. The summed E-state index contributed by atoms with van der Waals surface area (Å²) in [5, 5.41) is 0. The lowest BCUT2D eigenvalue weighted by Crippen LogP contribution is -2.27. The molecule has 0 radical (unpaired) electrons. The summed E-state index contributed by atoms with van der Waals surface area (Å²) in [4.78, 5) is 1.23. The highest BCUT2D eigenvalue weighted by Gasteiger charge is 2.32. The molecule has 1 aromatic carbocycles. The first-order chi connectivity index (χ1) is 8.26. The van der Waals surface area contributed by atoms with Gasteiger partial charge in [0.25, 0.3) is 0 Å². The zero-order valence-electron chi connectivity index (χ0n) is 10.3. The first-order valence-electron chi connectivity index (χ1n) is 5.79. The lowest BCUT2D eigenvalue weighted by atomic mass is 9.76. The van der Waals surface area contributed by atoms with E-state index in [9.17, 15) is 4.39 Å². The number of methoxy groups -OCH3 is 1. The van der Waals surface area contributed by atoms with Crippen molar-refractivity contribution in [3.63, 3.8) is 0 Å². The van der Waals surface area contributed by atoms with E-state index in [0.717, 1.165) is 17.7 Å². The maximum absolute atomic E-state index is 12.6. The van der Waals surface area contributed by atoms with Gasteiger partial charge in [-0.1, -0.05) is 0 Å². The highest BCUT2D eigenvalue weighted by molar-refractivity contribution is 7.98. The highest BCUT2D eigenvalue weighted by atomic mass is 32.2. The Morgan fingerprint density at radius 3 is 2.88 bits per heavy atom. The van der Waals surface area contributed by atoms with Gasteiger partial charge in [-0.15, -0.1) is 11.8 Å². The predicted octanol–water partition coefficient (Wildman–Crippen LogP) is 2.53. The van der Waals surface area contributed by atoms with Crippen molar-refractivity contribution in [1.82, 2.24) is 0 Å². The van der Waals surface area contributed by atoms with Gasteiger partial charge in [-0.3, -0.25) is 4.39 Å². The lowest BCUT2D eigenvalue weighted by molar-refractivity contribution is 0.394. The van der Waals surface area contributed by atoms with E-state index in [1.165, 1.54) is 16.0 Å².